The van der Waals surface area contributed by atoms with Gasteiger partial charge in [0, 0.05) is 38.6 Å². The Morgan fingerprint density at radius 3 is 2.69 bits per heavy atom. The lowest BCUT2D eigenvalue weighted by atomic mass is 10.2. The van der Waals surface area contributed by atoms with E-state index in [2.05, 4.69) is 20.6 Å². The van der Waals surface area contributed by atoms with Gasteiger partial charge in [0.05, 0.1) is 22.7 Å². The van der Waals surface area contributed by atoms with E-state index < -0.39 is 11.7 Å². The average Bonchev–Trinajstić information content (AvgIpc) is 3.24. The van der Waals surface area contributed by atoms with E-state index in [-0.39, 0.29) is 16.5 Å². The molecule has 2 aromatic heterocycles. The van der Waals surface area contributed by atoms with Crippen LogP contribution in [0.5, 0.6) is 11.5 Å². The van der Waals surface area contributed by atoms with Crippen LogP contribution in [0.1, 0.15) is 5.56 Å². The van der Waals surface area contributed by atoms with Crippen molar-refractivity contribution in [1.82, 2.24) is 19.9 Å². The van der Waals surface area contributed by atoms with Crippen LogP contribution < -0.4 is 15.4 Å². The van der Waals surface area contributed by atoms with Crippen LogP contribution in [0.2, 0.25) is 5.02 Å². The van der Waals surface area contributed by atoms with E-state index >= 15 is 0 Å². The zero-order valence-corrected chi connectivity index (χ0v) is 19.5. The highest BCUT2D eigenvalue weighted by Gasteiger charge is 2.30. The lowest BCUT2D eigenvalue weighted by molar-refractivity contribution is -0.137. The third-order valence-corrected chi connectivity index (χ3v) is 5.44. The van der Waals surface area contributed by atoms with E-state index in [9.17, 15) is 13.2 Å². The number of fused-ring (bicyclic) bond motifs is 1. The molecule has 0 amide bonds. The zero-order chi connectivity index (χ0) is 24.8. The van der Waals surface area contributed by atoms with E-state index in [1.54, 1.807) is 25.3 Å². The van der Waals surface area contributed by atoms with Crippen molar-refractivity contribution >= 4 is 34.1 Å². The molecule has 2 N–H and O–H groups in total. The van der Waals surface area contributed by atoms with E-state index in [1.165, 1.54) is 18.5 Å². The van der Waals surface area contributed by atoms with Gasteiger partial charge in [-0.3, -0.25) is 0 Å². The summed E-state index contributed by atoms with van der Waals surface area (Å²) in [5.74, 6) is 0.867. The maximum Gasteiger partial charge on any atom is 0.416 e. The monoisotopic (exact) mass is 505 g/mol. The molecule has 0 aliphatic heterocycles. The minimum absolute atomic E-state index is 0.0388. The van der Waals surface area contributed by atoms with Crippen molar-refractivity contribution in [2.24, 2.45) is 0 Å². The third kappa shape index (κ3) is 6.21. The standard InChI is InChI=1S/C24H23ClF3N5O2/c1-34-12-9-29-8-11-33-10-7-20-22(33)23(31-15-30-20)32-17-5-6-21(19(25)14-17)35-18-4-2-3-16(13-18)24(26,27)28/h2-7,10,13-15,29H,8-9,11-12H2,1H3,(H,30,31,32). The first-order valence-corrected chi connectivity index (χ1v) is 11.1. The zero-order valence-electron chi connectivity index (χ0n) is 18.8. The Morgan fingerprint density at radius 1 is 1.06 bits per heavy atom. The molecule has 4 rings (SSSR count). The SMILES string of the molecule is COCCNCCn1ccc2ncnc(Nc3ccc(Oc4cccc(C(F)(F)F)c4)c(Cl)c3)c21. The fourth-order valence-corrected chi connectivity index (χ4v) is 3.69. The van der Waals surface area contributed by atoms with Crippen molar-refractivity contribution in [3.63, 3.8) is 0 Å². The molecule has 0 fully saturated rings. The number of rotatable bonds is 10. The molecule has 2 aromatic carbocycles. The second-order valence-corrected chi connectivity index (χ2v) is 8.01. The minimum Gasteiger partial charge on any atom is -0.456 e. The van der Waals surface area contributed by atoms with Crippen LogP contribution in [0.15, 0.2) is 61.1 Å². The van der Waals surface area contributed by atoms with Gasteiger partial charge in [0.1, 0.15) is 23.3 Å². The summed E-state index contributed by atoms with van der Waals surface area (Å²) in [6.07, 6.45) is -1.04. The molecular formula is C24H23ClF3N5O2. The second kappa shape index (κ2) is 10.9. The molecule has 0 bridgehead atoms. The Kier molecular flexibility index (Phi) is 7.74. The van der Waals surface area contributed by atoms with Crippen LogP contribution in [-0.2, 0) is 17.5 Å². The summed E-state index contributed by atoms with van der Waals surface area (Å²) in [7, 11) is 1.66. The molecule has 11 heteroatoms. The predicted molar refractivity (Wildman–Crippen MR) is 129 cm³/mol. The Balaban J connectivity index is 1.50. The lowest BCUT2D eigenvalue weighted by Gasteiger charge is -2.13. The number of benzene rings is 2. The molecule has 0 saturated heterocycles. The van der Waals surface area contributed by atoms with Crippen molar-refractivity contribution in [3.05, 3.63) is 71.6 Å². The summed E-state index contributed by atoms with van der Waals surface area (Å²) in [5.41, 5.74) is 1.46. The molecule has 0 unspecified atom stereocenters. The van der Waals surface area contributed by atoms with Gasteiger partial charge in [0.2, 0.25) is 0 Å². The summed E-state index contributed by atoms with van der Waals surface area (Å²) >= 11 is 6.37. The first kappa shape index (κ1) is 24.8. The molecule has 35 heavy (non-hydrogen) atoms. The van der Waals surface area contributed by atoms with Crippen molar-refractivity contribution in [3.8, 4) is 11.5 Å². The van der Waals surface area contributed by atoms with Gasteiger partial charge >= 0.3 is 6.18 Å². The van der Waals surface area contributed by atoms with E-state index in [4.69, 9.17) is 21.1 Å². The molecule has 2 heterocycles. The fraction of sp³-hybridized carbons (Fsp3) is 0.250. The van der Waals surface area contributed by atoms with Crippen LogP contribution in [0.25, 0.3) is 11.0 Å². The van der Waals surface area contributed by atoms with Crippen molar-refractivity contribution in [1.29, 1.82) is 0 Å². The quantitative estimate of drug-likeness (QED) is 0.262. The Labute approximate surface area is 204 Å². The highest BCUT2D eigenvalue weighted by atomic mass is 35.5. The summed E-state index contributed by atoms with van der Waals surface area (Å²) in [4.78, 5) is 8.71. The number of hydrogen-bond acceptors (Lipinski definition) is 6. The molecule has 0 radical (unpaired) electrons. The smallest absolute Gasteiger partial charge is 0.416 e. The van der Waals surface area contributed by atoms with Gasteiger partial charge in [-0.25, -0.2) is 9.97 Å². The number of methoxy groups -OCH3 is 1. The molecule has 7 nitrogen and oxygen atoms in total. The third-order valence-electron chi connectivity index (χ3n) is 5.15. The molecular weight excluding hydrogens is 483 g/mol. The van der Waals surface area contributed by atoms with E-state index in [0.29, 0.717) is 24.7 Å². The average molecular weight is 506 g/mol. The lowest BCUT2D eigenvalue weighted by Crippen LogP contribution is -2.23. The number of alkyl halides is 3. The Hall–Kier alpha value is -3.34. The molecule has 4 aromatic rings. The van der Waals surface area contributed by atoms with E-state index in [1.807, 2.05) is 16.8 Å². The van der Waals surface area contributed by atoms with Crippen LogP contribution in [0.3, 0.4) is 0 Å². The van der Waals surface area contributed by atoms with Crippen LogP contribution in [-0.4, -0.2) is 41.3 Å². The van der Waals surface area contributed by atoms with Crippen LogP contribution in [0.4, 0.5) is 24.7 Å². The number of nitrogens with one attached hydrogen (secondary N) is 2. The number of ether oxygens (including phenoxy) is 2. The van der Waals surface area contributed by atoms with Gasteiger partial charge in [0.15, 0.2) is 5.82 Å². The molecule has 0 atom stereocenters. The predicted octanol–water partition coefficient (Wildman–Crippen LogP) is 5.88. The van der Waals surface area contributed by atoms with Crippen molar-refractivity contribution < 1.29 is 22.6 Å². The topological polar surface area (TPSA) is 73.2 Å². The molecule has 0 saturated carbocycles. The second-order valence-electron chi connectivity index (χ2n) is 7.61. The van der Waals surface area contributed by atoms with Gasteiger partial charge in [-0.15, -0.1) is 0 Å². The number of hydrogen-bond donors (Lipinski definition) is 2. The van der Waals surface area contributed by atoms with E-state index in [0.717, 1.165) is 36.3 Å². The maximum absolute atomic E-state index is 13.0. The van der Waals surface area contributed by atoms with Gasteiger partial charge in [-0.2, -0.15) is 13.2 Å². The minimum atomic E-state index is -4.46. The normalized spacial score (nSPS) is 11.7. The van der Waals surface area contributed by atoms with Crippen molar-refractivity contribution in [2.75, 3.05) is 32.1 Å². The molecule has 0 aliphatic rings. The van der Waals surface area contributed by atoms with Gasteiger partial charge in [-0.1, -0.05) is 17.7 Å². The molecule has 0 spiro atoms. The highest BCUT2D eigenvalue weighted by Crippen LogP contribution is 2.36. The van der Waals surface area contributed by atoms with Crippen molar-refractivity contribution in [2.45, 2.75) is 12.7 Å². The largest absolute Gasteiger partial charge is 0.456 e. The Morgan fingerprint density at radius 2 is 1.91 bits per heavy atom. The van der Waals surface area contributed by atoms with Gasteiger partial charge < -0.3 is 24.7 Å². The van der Waals surface area contributed by atoms with Gasteiger partial charge in [0.25, 0.3) is 0 Å². The van der Waals surface area contributed by atoms with Crippen LogP contribution >= 0.6 is 11.6 Å². The first-order chi connectivity index (χ1) is 16.8. The summed E-state index contributed by atoms with van der Waals surface area (Å²) < 4.78 is 51.6. The molecule has 184 valence electrons. The number of anilines is 2. The summed E-state index contributed by atoms with van der Waals surface area (Å²) in [6, 6.07) is 11.5. The Bertz CT molecular complexity index is 1300. The first-order valence-electron chi connectivity index (χ1n) is 10.8. The number of aromatic nitrogens is 3. The van der Waals surface area contributed by atoms with Crippen LogP contribution in [0, 0.1) is 0 Å². The number of nitrogens with zero attached hydrogens (tertiary/aromatic N) is 3. The van der Waals surface area contributed by atoms with Gasteiger partial charge in [-0.05, 0) is 42.5 Å². The maximum atomic E-state index is 13.0. The highest BCUT2D eigenvalue weighted by molar-refractivity contribution is 6.32. The summed E-state index contributed by atoms with van der Waals surface area (Å²) in [5, 5.41) is 6.78. The summed E-state index contributed by atoms with van der Waals surface area (Å²) in [6.45, 7) is 2.84. The molecule has 0 aliphatic carbocycles. The number of halogens is 4. The fourth-order valence-electron chi connectivity index (χ4n) is 3.47.